The average Bonchev–Trinajstić information content (AvgIpc) is 3.13. The van der Waals surface area contributed by atoms with E-state index in [1.807, 2.05) is 0 Å². The number of aldehydes is 1. The predicted molar refractivity (Wildman–Crippen MR) is 63.1 cm³/mol. The van der Waals surface area contributed by atoms with Crippen molar-refractivity contribution in [2.75, 3.05) is 0 Å². The topological polar surface area (TPSA) is 55.4 Å². The van der Waals surface area contributed by atoms with Gasteiger partial charge in [-0.1, -0.05) is 12.1 Å². The van der Waals surface area contributed by atoms with Gasteiger partial charge >= 0.3 is 0 Å². The van der Waals surface area contributed by atoms with Gasteiger partial charge in [-0.05, 0) is 31.9 Å². The summed E-state index contributed by atoms with van der Waals surface area (Å²) < 4.78 is 5.48. The summed E-state index contributed by atoms with van der Waals surface area (Å²) in [5.41, 5.74) is 0.457. The van der Waals surface area contributed by atoms with Crippen LogP contribution in [0, 0.1) is 0 Å². The first-order valence-electron chi connectivity index (χ1n) is 5.72. The fourth-order valence-corrected chi connectivity index (χ4v) is 1.48. The molecule has 1 fully saturated rings. The van der Waals surface area contributed by atoms with Gasteiger partial charge in [-0.2, -0.15) is 0 Å². The van der Waals surface area contributed by atoms with E-state index in [2.05, 4.69) is 5.32 Å². The van der Waals surface area contributed by atoms with E-state index in [-0.39, 0.29) is 5.91 Å². The van der Waals surface area contributed by atoms with Gasteiger partial charge in [0, 0.05) is 6.04 Å². The SMILES string of the molecule is C[C@H](Oc1ccccc1C=O)C(=O)NC1CC1. The Bertz CT molecular complexity index is 426. The van der Waals surface area contributed by atoms with Crippen LogP contribution in [0.3, 0.4) is 0 Å². The number of ether oxygens (including phenoxy) is 1. The molecule has 1 amide bonds. The van der Waals surface area contributed by atoms with Crippen molar-refractivity contribution in [2.24, 2.45) is 0 Å². The number of nitrogens with one attached hydrogen (secondary N) is 1. The molecule has 4 heteroatoms. The number of hydrogen-bond acceptors (Lipinski definition) is 3. The van der Waals surface area contributed by atoms with Gasteiger partial charge in [0.15, 0.2) is 12.4 Å². The molecule has 17 heavy (non-hydrogen) atoms. The van der Waals surface area contributed by atoms with Crippen LogP contribution in [0.25, 0.3) is 0 Å². The zero-order valence-corrected chi connectivity index (χ0v) is 9.68. The maximum atomic E-state index is 11.7. The third-order valence-electron chi connectivity index (χ3n) is 2.64. The Hall–Kier alpha value is -1.84. The van der Waals surface area contributed by atoms with Crippen molar-refractivity contribution >= 4 is 12.2 Å². The molecule has 1 N–H and O–H groups in total. The van der Waals surface area contributed by atoms with Crippen LogP contribution >= 0.6 is 0 Å². The van der Waals surface area contributed by atoms with E-state index in [9.17, 15) is 9.59 Å². The Labute approximate surface area is 100.0 Å². The van der Waals surface area contributed by atoms with Gasteiger partial charge in [-0.15, -0.1) is 0 Å². The number of carbonyl (C=O) groups is 2. The molecular formula is C13H15NO3. The van der Waals surface area contributed by atoms with E-state index in [0.717, 1.165) is 19.1 Å². The van der Waals surface area contributed by atoms with E-state index in [1.54, 1.807) is 31.2 Å². The van der Waals surface area contributed by atoms with Crippen LogP contribution in [0.15, 0.2) is 24.3 Å². The minimum absolute atomic E-state index is 0.131. The van der Waals surface area contributed by atoms with Crippen LogP contribution in [0.5, 0.6) is 5.75 Å². The summed E-state index contributed by atoms with van der Waals surface area (Å²) in [4.78, 5) is 22.5. The van der Waals surface area contributed by atoms with Crippen LogP contribution < -0.4 is 10.1 Å². The lowest BCUT2D eigenvalue weighted by molar-refractivity contribution is -0.127. The van der Waals surface area contributed by atoms with Crippen LogP contribution in [0.2, 0.25) is 0 Å². The highest BCUT2D eigenvalue weighted by molar-refractivity contribution is 5.82. The molecule has 0 aliphatic heterocycles. The molecule has 1 aromatic carbocycles. The van der Waals surface area contributed by atoms with E-state index < -0.39 is 6.10 Å². The van der Waals surface area contributed by atoms with Gasteiger partial charge < -0.3 is 10.1 Å². The molecule has 4 nitrogen and oxygen atoms in total. The molecule has 0 bridgehead atoms. The summed E-state index contributed by atoms with van der Waals surface area (Å²) >= 11 is 0. The second-order valence-corrected chi connectivity index (χ2v) is 4.20. The van der Waals surface area contributed by atoms with E-state index in [0.29, 0.717) is 17.4 Å². The first-order chi connectivity index (χ1) is 8.20. The van der Waals surface area contributed by atoms with Crippen LogP contribution in [-0.4, -0.2) is 24.3 Å². The van der Waals surface area contributed by atoms with Crippen molar-refractivity contribution in [1.82, 2.24) is 5.32 Å². The molecule has 1 aliphatic rings. The Morgan fingerprint density at radius 3 is 2.82 bits per heavy atom. The lowest BCUT2D eigenvalue weighted by Gasteiger charge is -2.15. The van der Waals surface area contributed by atoms with Gasteiger partial charge in [0.05, 0.1) is 5.56 Å². The number of hydrogen-bond donors (Lipinski definition) is 1. The van der Waals surface area contributed by atoms with E-state index in [4.69, 9.17) is 4.74 Å². The summed E-state index contributed by atoms with van der Waals surface area (Å²) in [6, 6.07) is 7.19. The first kappa shape index (κ1) is 11.6. The number of para-hydroxylation sites is 1. The standard InChI is InChI=1S/C13H15NO3/c1-9(13(16)14-11-6-7-11)17-12-5-3-2-4-10(12)8-15/h2-5,8-9,11H,6-7H2,1H3,(H,14,16)/t9-/m0/s1. The lowest BCUT2D eigenvalue weighted by atomic mass is 10.2. The molecule has 0 saturated heterocycles. The Balaban J connectivity index is 1.98. The van der Waals surface area contributed by atoms with Gasteiger partial charge in [-0.3, -0.25) is 9.59 Å². The second-order valence-electron chi connectivity index (χ2n) is 4.20. The van der Waals surface area contributed by atoms with Gasteiger partial charge in [0.1, 0.15) is 5.75 Å². The van der Waals surface area contributed by atoms with Crippen LogP contribution in [0.1, 0.15) is 30.1 Å². The molecule has 2 rings (SSSR count). The molecule has 0 radical (unpaired) electrons. The first-order valence-corrected chi connectivity index (χ1v) is 5.72. The number of rotatable bonds is 5. The predicted octanol–water partition coefficient (Wildman–Crippen LogP) is 1.54. The van der Waals surface area contributed by atoms with Crippen molar-refractivity contribution in [1.29, 1.82) is 0 Å². The van der Waals surface area contributed by atoms with Crippen LogP contribution in [0.4, 0.5) is 0 Å². The Morgan fingerprint density at radius 2 is 2.18 bits per heavy atom. The largest absolute Gasteiger partial charge is 0.480 e. The van der Waals surface area contributed by atoms with Crippen molar-refractivity contribution in [3.63, 3.8) is 0 Å². The van der Waals surface area contributed by atoms with Crippen LogP contribution in [-0.2, 0) is 4.79 Å². The second kappa shape index (κ2) is 4.99. The molecule has 0 heterocycles. The monoisotopic (exact) mass is 233 g/mol. The summed E-state index contributed by atoms with van der Waals surface area (Å²) in [5, 5.41) is 2.86. The molecule has 1 aromatic rings. The normalized spacial score (nSPS) is 16.1. The fraction of sp³-hybridized carbons (Fsp3) is 0.385. The molecule has 90 valence electrons. The third-order valence-corrected chi connectivity index (χ3v) is 2.64. The zero-order valence-electron chi connectivity index (χ0n) is 9.68. The van der Waals surface area contributed by atoms with Crippen molar-refractivity contribution < 1.29 is 14.3 Å². The van der Waals surface area contributed by atoms with Crippen molar-refractivity contribution in [3.8, 4) is 5.75 Å². The molecule has 1 aliphatic carbocycles. The lowest BCUT2D eigenvalue weighted by Crippen LogP contribution is -2.37. The molecular weight excluding hydrogens is 218 g/mol. The van der Waals surface area contributed by atoms with Gasteiger partial charge in [0.2, 0.25) is 0 Å². The molecule has 0 unspecified atom stereocenters. The van der Waals surface area contributed by atoms with E-state index >= 15 is 0 Å². The number of benzene rings is 1. The number of carbonyl (C=O) groups excluding carboxylic acids is 2. The molecule has 0 spiro atoms. The summed E-state index contributed by atoms with van der Waals surface area (Å²) in [7, 11) is 0. The highest BCUT2D eigenvalue weighted by atomic mass is 16.5. The highest BCUT2D eigenvalue weighted by Gasteiger charge is 2.26. The minimum atomic E-state index is -0.586. The smallest absolute Gasteiger partial charge is 0.260 e. The molecule has 1 atom stereocenters. The van der Waals surface area contributed by atoms with Gasteiger partial charge in [0.25, 0.3) is 5.91 Å². The summed E-state index contributed by atoms with van der Waals surface area (Å²) in [5.74, 6) is 0.314. The Morgan fingerprint density at radius 1 is 1.47 bits per heavy atom. The van der Waals surface area contributed by atoms with Gasteiger partial charge in [-0.25, -0.2) is 0 Å². The molecule has 1 saturated carbocycles. The Kier molecular flexibility index (Phi) is 3.42. The molecule has 0 aromatic heterocycles. The summed E-state index contributed by atoms with van der Waals surface area (Å²) in [6.45, 7) is 1.68. The quantitative estimate of drug-likeness (QED) is 0.785. The van der Waals surface area contributed by atoms with Crippen molar-refractivity contribution in [2.45, 2.75) is 31.9 Å². The van der Waals surface area contributed by atoms with Crippen molar-refractivity contribution in [3.05, 3.63) is 29.8 Å². The third kappa shape index (κ3) is 3.06. The number of amides is 1. The minimum Gasteiger partial charge on any atom is -0.480 e. The summed E-state index contributed by atoms with van der Waals surface area (Å²) in [6.07, 6.45) is 2.23. The maximum Gasteiger partial charge on any atom is 0.260 e. The highest BCUT2D eigenvalue weighted by Crippen LogP contribution is 2.20. The maximum absolute atomic E-state index is 11.7. The fourth-order valence-electron chi connectivity index (χ4n) is 1.48. The zero-order chi connectivity index (χ0) is 12.3. The van der Waals surface area contributed by atoms with E-state index in [1.165, 1.54) is 0 Å². The average molecular weight is 233 g/mol.